The minimum absolute atomic E-state index is 0.0534. The van der Waals surface area contributed by atoms with Crippen LogP contribution in [0.5, 0.6) is 0 Å². The van der Waals surface area contributed by atoms with Crippen molar-refractivity contribution in [1.29, 1.82) is 0 Å². The minimum atomic E-state index is -3.58. The van der Waals surface area contributed by atoms with E-state index in [1.807, 2.05) is 13.8 Å². The molecule has 22 heavy (non-hydrogen) atoms. The summed E-state index contributed by atoms with van der Waals surface area (Å²) in [5, 5.41) is 4.57. The number of hydrogen-bond donors (Lipinski definition) is 1. The second kappa shape index (κ2) is 5.60. The number of aryl methyl sites for hydroxylation is 1. The molecule has 0 saturated carbocycles. The van der Waals surface area contributed by atoms with Crippen molar-refractivity contribution in [2.75, 3.05) is 13.1 Å². The molecule has 0 aromatic carbocycles. The quantitative estimate of drug-likeness (QED) is 0.905. The van der Waals surface area contributed by atoms with E-state index in [2.05, 4.69) is 10.1 Å². The maximum absolute atomic E-state index is 12.9. The Morgan fingerprint density at radius 3 is 2.91 bits per heavy atom. The first kappa shape index (κ1) is 15.4. The molecular formula is C14H20N4O3S. The Morgan fingerprint density at radius 1 is 1.50 bits per heavy atom. The van der Waals surface area contributed by atoms with E-state index in [9.17, 15) is 8.42 Å². The van der Waals surface area contributed by atoms with Gasteiger partial charge in [0, 0.05) is 12.6 Å². The van der Waals surface area contributed by atoms with Gasteiger partial charge >= 0.3 is 0 Å². The molecule has 8 heteroatoms. The Labute approximate surface area is 129 Å². The standard InChI is InChI=1S/C14H20N4O3S/c1-3-13-12-5-11(7-16-14(12)21-17-13)22(19,20)18-8-10(6-15)4-9(18)2/h5,7,9-10H,3-4,6,8,15H2,1-2H3. The van der Waals surface area contributed by atoms with Crippen LogP contribution in [0.2, 0.25) is 0 Å². The number of nitrogens with zero attached hydrogens (tertiary/aromatic N) is 3. The molecule has 1 fully saturated rings. The molecule has 0 bridgehead atoms. The van der Waals surface area contributed by atoms with E-state index in [1.165, 1.54) is 10.5 Å². The monoisotopic (exact) mass is 324 g/mol. The molecule has 0 aliphatic carbocycles. The van der Waals surface area contributed by atoms with Crippen LogP contribution in [0.3, 0.4) is 0 Å². The van der Waals surface area contributed by atoms with Gasteiger partial charge in [-0.05, 0) is 38.3 Å². The van der Waals surface area contributed by atoms with Crippen molar-refractivity contribution in [1.82, 2.24) is 14.4 Å². The fourth-order valence-electron chi connectivity index (χ4n) is 3.01. The molecule has 1 saturated heterocycles. The van der Waals surface area contributed by atoms with Crippen LogP contribution >= 0.6 is 0 Å². The van der Waals surface area contributed by atoms with Crippen LogP contribution in [0.1, 0.15) is 26.0 Å². The Morgan fingerprint density at radius 2 is 2.27 bits per heavy atom. The largest absolute Gasteiger partial charge is 0.336 e. The van der Waals surface area contributed by atoms with E-state index in [0.29, 0.717) is 36.3 Å². The topological polar surface area (TPSA) is 102 Å². The number of hydrogen-bond acceptors (Lipinski definition) is 6. The highest BCUT2D eigenvalue weighted by molar-refractivity contribution is 7.89. The zero-order valence-corrected chi connectivity index (χ0v) is 13.5. The van der Waals surface area contributed by atoms with E-state index < -0.39 is 10.0 Å². The van der Waals surface area contributed by atoms with E-state index in [0.717, 1.165) is 6.42 Å². The third-order valence-corrected chi connectivity index (χ3v) is 6.20. The summed E-state index contributed by atoms with van der Waals surface area (Å²) >= 11 is 0. The third kappa shape index (κ3) is 2.41. The number of nitrogens with two attached hydrogens (primary N) is 1. The van der Waals surface area contributed by atoms with Crippen LogP contribution < -0.4 is 5.73 Å². The molecule has 2 atom stereocenters. The molecule has 0 radical (unpaired) electrons. The maximum atomic E-state index is 12.9. The van der Waals surface area contributed by atoms with Crippen LogP contribution in [0.4, 0.5) is 0 Å². The van der Waals surface area contributed by atoms with Gasteiger partial charge in [0.05, 0.1) is 17.3 Å². The lowest BCUT2D eigenvalue weighted by molar-refractivity contribution is 0.404. The highest BCUT2D eigenvalue weighted by Gasteiger charge is 2.37. The van der Waals surface area contributed by atoms with Crippen molar-refractivity contribution in [3.63, 3.8) is 0 Å². The van der Waals surface area contributed by atoms with Crippen LogP contribution in [-0.2, 0) is 16.4 Å². The van der Waals surface area contributed by atoms with Gasteiger partial charge in [-0.2, -0.15) is 4.31 Å². The Kier molecular flexibility index (Phi) is 3.92. The lowest BCUT2D eigenvalue weighted by Crippen LogP contribution is -2.34. The van der Waals surface area contributed by atoms with Crippen molar-refractivity contribution in [3.8, 4) is 0 Å². The fraction of sp³-hybridized carbons (Fsp3) is 0.571. The Bertz CT molecular complexity index is 786. The number of sulfonamides is 1. The number of pyridine rings is 1. The predicted molar refractivity (Wildman–Crippen MR) is 81.7 cm³/mol. The van der Waals surface area contributed by atoms with Gasteiger partial charge in [0.1, 0.15) is 4.90 Å². The van der Waals surface area contributed by atoms with Crippen molar-refractivity contribution >= 4 is 21.1 Å². The summed E-state index contributed by atoms with van der Waals surface area (Å²) in [5.41, 5.74) is 6.77. The molecule has 1 aliphatic heterocycles. The van der Waals surface area contributed by atoms with Crippen molar-refractivity contribution < 1.29 is 12.9 Å². The first-order valence-electron chi connectivity index (χ1n) is 7.43. The van der Waals surface area contributed by atoms with E-state index >= 15 is 0 Å². The molecule has 2 unspecified atom stereocenters. The summed E-state index contributed by atoms with van der Waals surface area (Å²) in [6.07, 6.45) is 2.79. The zero-order chi connectivity index (χ0) is 15.9. The van der Waals surface area contributed by atoms with Gasteiger partial charge in [0.15, 0.2) is 0 Å². The van der Waals surface area contributed by atoms with Gasteiger partial charge in [-0.3, -0.25) is 0 Å². The highest BCUT2D eigenvalue weighted by Crippen LogP contribution is 2.30. The average Bonchev–Trinajstić information content (AvgIpc) is 3.09. The number of aromatic nitrogens is 2. The van der Waals surface area contributed by atoms with Gasteiger partial charge in [0.2, 0.25) is 10.0 Å². The summed E-state index contributed by atoms with van der Waals surface area (Å²) in [6, 6.07) is 1.55. The predicted octanol–water partition coefficient (Wildman–Crippen LogP) is 1.14. The van der Waals surface area contributed by atoms with Crippen molar-refractivity contribution in [2.45, 2.75) is 37.6 Å². The third-order valence-electron chi connectivity index (χ3n) is 4.26. The molecule has 0 spiro atoms. The Balaban J connectivity index is 2.02. The molecule has 2 aromatic rings. The van der Waals surface area contributed by atoms with Crippen LogP contribution in [0, 0.1) is 5.92 Å². The lowest BCUT2D eigenvalue weighted by Gasteiger charge is -2.20. The average molecular weight is 324 g/mol. The normalized spacial score (nSPS) is 23.4. The number of rotatable bonds is 4. The SMILES string of the molecule is CCc1noc2ncc(S(=O)(=O)N3CC(CN)CC3C)cc12. The zero-order valence-electron chi connectivity index (χ0n) is 12.7. The first-order valence-corrected chi connectivity index (χ1v) is 8.87. The summed E-state index contributed by atoms with van der Waals surface area (Å²) in [7, 11) is -3.58. The van der Waals surface area contributed by atoms with Crippen LogP contribution in [0.25, 0.3) is 11.1 Å². The molecule has 1 aliphatic rings. The van der Waals surface area contributed by atoms with Gasteiger partial charge in [0.25, 0.3) is 5.71 Å². The van der Waals surface area contributed by atoms with E-state index in [4.69, 9.17) is 10.3 Å². The number of fused-ring (bicyclic) bond motifs is 1. The smallest absolute Gasteiger partial charge is 0.258 e. The minimum Gasteiger partial charge on any atom is -0.336 e. The van der Waals surface area contributed by atoms with Crippen LogP contribution in [0.15, 0.2) is 21.7 Å². The fourth-order valence-corrected chi connectivity index (χ4v) is 4.70. The van der Waals surface area contributed by atoms with Crippen molar-refractivity contribution in [2.24, 2.45) is 11.7 Å². The summed E-state index contributed by atoms with van der Waals surface area (Å²) in [4.78, 5) is 4.27. The van der Waals surface area contributed by atoms with Crippen LogP contribution in [-0.4, -0.2) is 42.0 Å². The second-order valence-electron chi connectivity index (χ2n) is 5.77. The molecule has 3 heterocycles. The molecule has 2 aromatic heterocycles. The Hall–Kier alpha value is -1.51. The molecular weight excluding hydrogens is 304 g/mol. The molecule has 3 rings (SSSR count). The highest BCUT2D eigenvalue weighted by atomic mass is 32.2. The molecule has 0 amide bonds. The second-order valence-corrected chi connectivity index (χ2v) is 7.66. The summed E-state index contributed by atoms with van der Waals surface area (Å²) in [6.45, 7) is 4.81. The summed E-state index contributed by atoms with van der Waals surface area (Å²) < 4.78 is 32.4. The maximum Gasteiger partial charge on any atom is 0.258 e. The van der Waals surface area contributed by atoms with Crippen molar-refractivity contribution in [3.05, 3.63) is 18.0 Å². The molecule has 7 nitrogen and oxygen atoms in total. The van der Waals surface area contributed by atoms with E-state index in [-0.39, 0.29) is 16.9 Å². The van der Waals surface area contributed by atoms with Gasteiger partial charge in [-0.25, -0.2) is 13.4 Å². The van der Waals surface area contributed by atoms with Gasteiger partial charge in [-0.15, -0.1) is 0 Å². The first-order chi connectivity index (χ1) is 10.5. The molecule has 2 N–H and O–H groups in total. The summed E-state index contributed by atoms with van der Waals surface area (Å²) in [5.74, 6) is 0.211. The molecule has 120 valence electrons. The lowest BCUT2D eigenvalue weighted by atomic mass is 10.1. The van der Waals surface area contributed by atoms with Gasteiger partial charge < -0.3 is 10.3 Å². The van der Waals surface area contributed by atoms with Gasteiger partial charge in [-0.1, -0.05) is 12.1 Å². The van der Waals surface area contributed by atoms with E-state index in [1.54, 1.807) is 6.07 Å².